The van der Waals surface area contributed by atoms with E-state index in [2.05, 4.69) is 17.1 Å². The number of halogens is 2. The number of hydrogen-bond acceptors (Lipinski definition) is 2. The summed E-state index contributed by atoms with van der Waals surface area (Å²) in [5.41, 5.74) is 0.461. The monoisotopic (exact) mass is 268 g/mol. The van der Waals surface area contributed by atoms with Gasteiger partial charge in [-0.3, -0.25) is 4.90 Å². The number of benzene rings is 1. The first-order chi connectivity index (χ1) is 9.22. The van der Waals surface area contributed by atoms with Crippen LogP contribution in [0.25, 0.3) is 0 Å². The summed E-state index contributed by atoms with van der Waals surface area (Å²) >= 11 is 0. The Morgan fingerprint density at radius 3 is 2.95 bits per heavy atom. The van der Waals surface area contributed by atoms with E-state index in [1.807, 2.05) is 0 Å². The average molecular weight is 268 g/mol. The fraction of sp³-hybridized carbons (Fsp3) is 0.600. The minimum absolute atomic E-state index is 0.427. The van der Waals surface area contributed by atoms with Crippen molar-refractivity contribution in [2.75, 3.05) is 19.6 Å². The van der Waals surface area contributed by atoms with Crippen molar-refractivity contribution in [1.82, 2.24) is 10.2 Å². The highest BCUT2D eigenvalue weighted by Crippen LogP contribution is 2.21. The molecule has 19 heavy (non-hydrogen) atoms. The van der Waals surface area contributed by atoms with Gasteiger partial charge in [0.25, 0.3) is 0 Å². The van der Waals surface area contributed by atoms with Gasteiger partial charge in [-0.1, -0.05) is 25.5 Å². The van der Waals surface area contributed by atoms with Crippen molar-refractivity contribution in [3.8, 4) is 0 Å². The van der Waals surface area contributed by atoms with Gasteiger partial charge < -0.3 is 5.32 Å². The zero-order valence-corrected chi connectivity index (χ0v) is 11.5. The summed E-state index contributed by atoms with van der Waals surface area (Å²) in [6.45, 7) is 5.41. The molecule has 0 amide bonds. The maximum atomic E-state index is 13.7. The van der Waals surface area contributed by atoms with E-state index < -0.39 is 11.6 Å². The molecular formula is C15H22F2N2. The number of rotatable bonds is 5. The maximum absolute atomic E-state index is 13.7. The first-order valence-corrected chi connectivity index (χ1v) is 7.10. The first-order valence-electron chi connectivity index (χ1n) is 7.10. The molecule has 0 spiro atoms. The molecule has 0 saturated carbocycles. The van der Waals surface area contributed by atoms with Gasteiger partial charge in [0.05, 0.1) is 0 Å². The van der Waals surface area contributed by atoms with E-state index in [0.29, 0.717) is 18.2 Å². The summed E-state index contributed by atoms with van der Waals surface area (Å²) in [5.74, 6) is -1.45. The molecule has 0 aromatic heterocycles. The third kappa shape index (κ3) is 3.74. The molecule has 1 aliphatic heterocycles. The molecule has 1 aromatic rings. The molecule has 0 radical (unpaired) electrons. The van der Waals surface area contributed by atoms with Crippen LogP contribution in [0, 0.1) is 11.6 Å². The highest BCUT2D eigenvalue weighted by molar-refractivity contribution is 5.19. The van der Waals surface area contributed by atoms with Gasteiger partial charge >= 0.3 is 0 Å². The Labute approximate surface area is 113 Å². The second kappa shape index (κ2) is 6.96. The van der Waals surface area contributed by atoms with E-state index in [-0.39, 0.29) is 0 Å². The number of likely N-dealkylation sites (N-methyl/N-ethyl adjacent to an activating group) is 1. The van der Waals surface area contributed by atoms with Gasteiger partial charge in [0, 0.05) is 24.7 Å². The average Bonchev–Trinajstić information content (AvgIpc) is 2.43. The fourth-order valence-electron chi connectivity index (χ4n) is 2.70. The molecule has 2 nitrogen and oxygen atoms in total. The van der Waals surface area contributed by atoms with Crippen LogP contribution in [0.1, 0.15) is 31.7 Å². The molecular weight excluding hydrogens is 246 g/mol. The molecule has 1 aromatic carbocycles. The minimum Gasteiger partial charge on any atom is -0.315 e. The summed E-state index contributed by atoms with van der Waals surface area (Å²) < 4.78 is 26.9. The van der Waals surface area contributed by atoms with Gasteiger partial charge in [0.2, 0.25) is 0 Å². The van der Waals surface area contributed by atoms with Crippen LogP contribution in [0.5, 0.6) is 0 Å². The first kappa shape index (κ1) is 14.4. The molecule has 1 aliphatic rings. The molecule has 106 valence electrons. The summed E-state index contributed by atoms with van der Waals surface area (Å²) in [5, 5.41) is 3.35. The zero-order chi connectivity index (χ0) is 13.7. The Kier molecular flexibility index (Phi) is 5.28. The van der Waals surface area contributed by atoms with Crippen LogP contribution < -0.4 is 5.32 Å². The lowest BCUT2D eigenvalue weighted by Crippen LogP contribution is -2.45. The van der Waals surface area contributed by atoms with E-state index in [1.165, 1.54) is 12.5 Å². The van der Waals surface area contributed by atoms with Crippen molar-refractivity contribution in [2.45, 2.75) is 38.8 Å². The Hall–Kier alpha value is -1.00. The lowest BCUT2D eigenvalue weighted by atomic mass is 10.0. The van der Waals surface area contributed by atoms with Crippen molar-refractivity contribution < 1.29 is 8.78 Å². The Morgan fingerprint density at radius 1 is 1.32 bits per heavy atom. The van der Waals surface area contributed by atoms with Gasteiger partial charge in [-0.25, -0.2) is 8.78 Å². The Balaban J connectivity index is 2.04. The van der Waals surface area contributed by atoms with Crippen LogP contribution in [-0.2, 0) is 6.54 Å². The van der Waals surface area contributed by atoms with Crippen LogP contribution in [0.2, 0.25) is 0 Å². The summed E-state index contributed by atoms with van der Waals surface area (Å²) in [6, 6.07) is 4.86. The fourth-order valence-corrected chi connectivity index (χ4v) is 2.70. The van der Waals surface area contributed by atoms with Crippen molar-refractivity contribution in [3.63, 3.8) is 0 Å². The highest BCUT2D eigenvalue weighted by atomic mass is 19.2. The number of nitrogens with one attached hydrogen (secondary N) is 1. The topological polar surface area (TPSA) is 15.3 Å². The molecule has 1 saturated heterocycles. The van der Waals surface area contributed by atoms with E-state index >= 15 is 0 Å². The Bertz CT molecular complexity index is 409. The highest BCUT2D eigenvalue weighted by Gasteiger charge is 2.23. The van der Waals surface area contributed by atoms with E-state index in [9.17, 15) is 8.78 Å². The molecule has 2 rings (SSSR count). The van der Waals surface area contributed by atoms with Crippen LogP contribution >= 0.6 is 0 Å². The minimum atomic E-state index is -0.752. The second-order valence-corrected chi connectivity index (χ2v) is 5.14. The van der Waals surface area contributed by atoms with Crippen molar-refractivity contribution >= 4 is 0 Å². The van der Waals surface area contributed by atoms with E-state index in [0.717, 1.165) is 32.5 Å². The van der Waals surface area contributed by atoms with Gasteiger partial charge in [0.1, 0.15) is 0 Å². The number of nitrogens with zero attached hydrogens (tertiary/aromatic N) is 1. The van der Waals surface area contributed by atoms with E-state index in [4.69, 9.17) is 0 Å². The molecule has 1 fully saturated rings. The molecule has 1 unspecified atom stereocenters. The third-order valence-corrected chi connectivity index (χ3v) is 3.78. The predicted molar refractivity (Wildman–Crippen MR) is 73.0 cm³/mol. The van der Waals surface area contributed by atoms with Gasteiger partial charge in [-0.05, 0) is 32.0 Å². The lowest BCUT2D eigenvalue weighted by molar-refractivity contribution is 0.136. The molecule has 1 atom stereocenters. The largest absolute Gasteiger partial charge is 0.315 e. The molecule has 0 bridgehead atoms. The summed E-state index contributed by atoms with van der Waals surface area (Å²) in [6.07, 6.45) is 3.49. The van der Waals surface area contributed by atoms with Crippen LogP contribution in [0.15, 0.2) is 18.2 Å². The number of hydrogen-bond donors (Lipinski definition) is 1. The molecule has 1 heterocycles. The van der Waals surface area contributed by atoms with Gasteiger partial charge in [-0.2, -0.15) is 0 Å². The zero-order valence-electron chi connectivity index (χ0n) is 11.5. The maximum Gasteiger partial charge on any atom is 0.163 e. The van der Waals surface area contributed by atoms with E-state index in [1.54, 1.807) is 12.1 Å². The molecule has 1 N–H and O–H groups in total. The SMILES string of the molecule is CCNCC1CCCCN1Cc1cccc(F)c1F. The van der Waals surface area contributed by atoms with Crippen LogP contribution in [0.4, 0.5) is 8.78 Å². The molecule has 4 heteroatoms. The normalized spacial score (nSPS) is 20.7. The standard InChI is InChI=1S/C15H22F2N2/c1-2-18-10-13-7-3-4-9-19(13)11-12-6-5-8-14(16)15(12)17/h5-6,8,13,18H,2-4,7,9-11H2,1H3. The van der Waals surface area contributed by atoms with Crippen molar-refractivity contribution in [3.05, 3.63) is 35.4 Å². The molecule has 0 aliphatic carbocycles. The summed E-state index contributed by atoms with van der Waals surface area (Å²) in [4.78, 5) is 2.27. The predicted octanol–water partition coefficient (Wildman–Crippen LogP) is 2.93. The quantitative estimate of drug-likeness (QED) is 0.883. The second-order valence-electron chi connectivity index (χ2n) is 5.14. The van der Waals surface area contributed by atoms with Crippen LogP contribution in [-0.4, -0.2) is 30.6 Å². The number of piperidine rings is 1. The van der Waals surface area contributed by atoms with Crippen LogP contribution in [0.3, 0.4) is 0 Å². The third-order valence-electron chi connectivity index (χ3n) is 3.78. The summed E-state index contributed by atoms with van der Waals surface area (Å²) in [7, 11) is 0. The van der Waals surface area contributed by atoms with Gasteiger partial charge in [0.15, 0.2) is 11.6 Å². The van der Waals surface area contributed by atoms with Gasteiger partial charge in [-0.15, -0.1) is 0 Å². The smallest absolute Gasteiger partial charge is 0.163 e. The van der Waals surface area contributed by atoms with Crippen molar-refractivity contribution in [1.29, 1.82) is 0 Å². The lowest BCUT2D eigenvalue weighted by Gasteiger charge is -2.36. The Morgan fingerprint density at radius 2 is 2.16 bits per heavy atom. The van der Waals surface area contributed by atoms with Crippen molar-refractivity contribution in [2.24, 2.45) is 0 Å². The number of likely N-dealkylation sites (tertiary alicyclic amines) is 1.